The van der Waals surface area contributed by atoms with Gasteiger partial charge in [-0.15, -0.1) is 0 Å². The molecule has 0 saturated carbocycles. The molecule has 0 unspecified atom stereocenters. The van der Waals surface area contributed by atoms with Crippen molar-refractivity contribution >= 4 is 5.82 Å². The lowest BCUT2D eigenvalue weighted by molar-refractivity contribution is 0.491. The van der Waals surface area contributed by atoms with Crippen molar-refractivity contribution in [1.82, 2.24) is 9.99 Å². The number of nitrogens with one attached hydrogen (secondary N) is 1. The fourth-order valence-electron chi connectivity index (χ4n) is 2.02. The zero-order valence-corrected chi connectivity index (χ0v) is 9.75. The summed E-state index contributed by atoms with van der Waals surface area (Å²) in [5, 5.41) is 10.9. The predicted octanol–water partition coefficient (Wildman–Crippen LogP) is 1.72. The van der Waals surface area contributed by atoms with Gasteiger partial charge in [-0.25, -0.2) is 9.99 Å². The second-order valence-electron chi connectivity index (χ2n) is 4.32. The van der Waals surface area contributed by atoms with Gasteiger partial charge in [-0.05, 0) is 37.3 Å². The van der Waals surface area contributed by atoms with Crippen molar-refractivity contribution in [1.29, 1.82) is 5.26 Å². The van der Waals surface area contributed by atoms with Crippen molar-refractivity contribution in [2.75, 3.05) is 19.5 Å². The molecule has 1 aliphatic rings. The Morgan fingerprint density at radius 3 is 2.81 bits per heavy atom. The van der Waals surface area contributed by atoms with E-state index in [1.807, 2.05) is 20.2 Å². The molecular formula is C12H16N4. The molecule has 1 aromatic rings. The fourth-order valence-corrected chi connectivity index (χ4v) is 2.02. The number of aryl methyl sites for hydroxylation is 2. The lowest BCUT2D eigenvalue weighted by Gasteiger charge is -2.19. The summed E-state index contributed by atoms with van der Waals surface area (Å²) in [6.07, 6.45) is 4.50. The van der Waals surface area contributed by atoms with E-state index in [9.17, 15) is 0 Å². The number of hydrazine groups is 1. The van der Waals surface area contributed by atoms with E-state index in [1.54, 1.807) is 5.01 Å². The first-order valence-electron chi connectivity index (χ1n) is 5.57. The summed E-state index contributed by atoms with van der Waals surface area (Å²) in [6, 6.07) is 4.18. The van der Waals surface area contributed by atoms with Crippen molar-refractivity contribution in [3.05, 3.63) is 22.9 Å². The number of nitriles is 1. The normalized spacial score (nSPS) is 14.4. The standard InChI is InChI=1S/C12H16N4/c1-16(2)15-12-10(8-13)7-9-5-3-4-6-11(9)14-12/h7H,3-6H2,1-2H3,(H,14,15). The van der Waals surface area contributed by atoms with E-state index in [0.29, 0.717) is 11.4 Å². The maximum absolute atomic E-state index is 9.08. The monoisotopic (exact) mass is 216 g/mol. The molecule has 0 aromatic carbocycles. The molecule has 1 heterocycles. The van der Waals surface area contributed by atoms with Crippen LogP contribution in [0.3, 0.4) is 0 Å². The second-order valence-corrected chi connectivity index (χ2v) is 4.32. The molecule has 16 heavy (non-hydrogen) atoms. The van der Waals surface area contributed by atoms with E-state index in [1.165, 1.54) is 18.4 Å². The number of fused-ring (bicyclic) bond motifs is 1. The number of hydrogen-bond donors (Lipinski definition) is 1. The highest BCUT2D eigenvalue weighted by Gasteiger charge is 2.15. The van der Waals surface area contributed by atoms with Crippen LogP contribution in [-0.2, 0) is 12.8 Å². The molecule has 0 fully saturated rings. The third-order valence-electron chi connectivity index (χ3n) is 2.75. The number of pyridine rings is 1. The average Bonchev–Trinajstić information content (AvgIpc) is 2.27. The first kappa shape index (κ1) is 10.9. The molecule has 0 aliphatic heterocycles. The Morgan fingerprint density at radius 2 is 2.12 bits per heavy atom. The maximum Gasteiger partial charge on any atom is 0.158 e. The van der Waals surface area contributed by atoms with E-state index >= 15 is 0 Å². The van der Waals surface area contributed by atoms with Crippen LogP contribution in [-0.4, -0.2) is 24.1 Å². The van der Waals surface area contributed by atoms with Gasteiger partial charge in [0, 0.05) is 19.8 Å². The van der Waals surface area contributed by atoms with Gasteiger partial charge in [0.1, 0.15) is 6.07 Å². The van der Waals surface area contributed by atoms with Gasteiger partial charge < -0.3 is 5.43 Å². The van der Waals surface area contributed by atoms with Crippen molar-refractivity contribution in [2.45, 2.75) is 25.7 Å². The van der Waals surface area contributed by atoms with Gasteiger partial charge in [0.25, 0.3) is 0 Å². The van der Waals surface area contributed by atoms with Gasteiger partial charge in [-0.3, -0.25) is 0 Å². The van der Waals surface area contributed by atoms with Crippen molar-refractivity contribution in [3.8, 4) is 6.07 Å². The summed E-state index contributed by atoms with van der Waals surface area (Å²) >= 11 is 0. The van der Waals surface area contributed by atoms with E-state index in [0.717, 1.165) is 18.5 Å². The second kappa shape index (κ2) is 4.50. The Morgan fingerprint density at radius 1 is 1.38 bits per heavy atom. The first-order chi connectivity index (χ1) is 7.70. The quantitative estimate of drug-likeness (QED) is 0.765. The number of aromatic nitrogens is 1. The lowest BCUT2D eigenvalue weighted by Crippen LogP contribution is -2.22. The summed E-state index contributed by atoms with van der Waals surface area (Å²) in [5.41, 5.74) is 6.10. The van der Waals surface area contributed by atoms with Crippen molar-refractivity contribution < 1.29 is 0 Å². The van der Waals surface area contributed by atoms with Crippen molar-refractivity contribution in [2.24, 2.45) is 0 Å². The van der Waals surface area contributed by atoms with Crippen LogP contribution in [0.1, 0.15) is 29.7 Å². The van der Waals surface area contributed by atoms with Gasteiger partial charge in [-0.1, -0.05) is 0 Å². The molecule has 1 aromatic heterocycles. The molecule has 0 atom stereocenters. The van der Waals surface area contributed by atoms with Gasteiger partial charge in [0.05, 0.1) is 5.56 Å². The molecule has 4 nitrogen and oxygen atoms in total. The molecule has 2 rings (SSSR count). The number of nitrogens with zero attached hydrogens (tertiary/aromatic N) is 3. The zero-order valence-electron chi connectivity index (χ0n) is 9.75. The van der Waals surface area contributed by atoms with E-state index in [-0.39, 0.29) is 0 Å². The van der Waals surface area contributed by atoms with E-state index in [4.69, 9.17) is 5.26 Å². The van der Waals surface area contributed by atoms with Crippen LogP contribution in [0, 0.1) is 11.3 Å². The molecule has 84 valence electrons. The summed E-state index contributed by atoms with van der Waals surface area (Å²) in [5.74, 6) is 0.674. The molecule has 0 spiro atoms. The minimum atomic E-state index is 0.634. The molecule has 0 amide bonds. The zero-order chi connectivity index (χ0) is 11.5. The van der Waals surface area contributed by atoms with Crippen LogP contribution in [0.2, 0.25) is 0 Å². The number of rotatable bonds is 2. The summed E-state index contributed by atoms with van der Waals surface area (Å²) in [6.45, 7) is 0. The Hall–Kier alpha value is -1.60. The van der Waals surface area contributed by atoms with E-state index < -0.39 is 0 Å². The summed E-state index contributed by atoms with van der Waals surface area (Å²) < 4.78 is 0. The molecule has 0 radical (unpaired) electrons. The smallest absolute Gasteiger partial charge is 0.158 e. The van der Waals surface area contributed by atoms with Gasteiger partial charge in [0.2, 0.25) is 0 Å². The topological polar surface area (TPSA) is 52.0 Å². The third-order valence-corrected chi connectivity index (χ3v) is 2.75. The third kappa shape index (κ3) is 2.15. The van der Waals surface area contributed by atoms with Gasteiger partial charge in [0.15, 0.2) is 5.82 Å². The van der Waals surface area contributed by atoms with Crippen LogP contribution in [0.25, 0.3) is 0 Å². The van der Waals surface area contributed by atoms with E-state index in [2.05, 4.69) is 16.5 Å². The summed E-state index contributed by atoms with van der Waals surface area (Å²) in [7, 11) is 3.78. The van der Waals surface area contributed by atoms with Crippen LogP contribution < -0.4 is 5.43 Å². The van der Waals surface area contributed by atoms with Gasteiger partial charge in [-0.2, -0.15) is 5.26 Å². The maximum atomic E-state index is 9.08. The van der Waals surface area contributed by atoms with Crippen LogP contribution in [0.4, 0.5) is 5.82 Å². The molecule has 0 saturated heterocycles. The molecule has 1 N–H and O–H groups in total. The van der Waals surface area contributed by atoms with Crippen LogP contribution in [0.15, 0.2) is 6.07 Å². The molecule has 1 aliphatic carbocycles. The predicted molar refractivity (Wildman–Crippen MR) is 62.9 cm³/mol. The van der Waals surface area contributed by atoms with Gasteiger partial charge >= 0.3 is 0 Å². The summed E-state index contributed by atoms with van der Waals surface area (Å²) in [4.78, 5) is 4.55. The molecule has 4 heteroatoms. The molecular weight excluding hydrogens is 200 g/mol. The Kier molecular flexibility index (Phi) is 3.07. The Bertz CT molecular complexity index is 431. The Balaban J connectivity index is 2.40. The minimum Gasteiger partial charge on any atom is -0.303 e. The fraction of sp³-hybridized carbons (Fsp3) is 0.500. The number of hydrogen-bond acceptors (Lipinski definition) is 4. The van der Waals surface area contributed by atoms with Crippen LogP contribution in [0.5, 0.6) is 0 Å². The minimum absolute atomic E-state index is 0.634. The van der Waals surface area contributed by atoms with Crippen molar-refractivity contribution in [3.63, 3.8) is 0 Å². The number of anilines is 1. The highest BCUT2D eigenvalue weighted by Crippen LogP contribution is 2.24. The highest BCUT2D eigenvalue weighted by atomic mass is 15.5. The first-order valence-corrected chi connectivity index (χ1v) is 5.57. The average molecular weight is 216 g/mol. The largest absolute Gasteiger partial charge is 0.303 e. The SMILES string of the molecule is CN(C)Nc1nc2c(cc1C#N)CCCC2. The molecule has 0 bridgehead atoms. The highest BCUT2D eigenvalue weighted by molar-refractivity contribution is 5.54. The Labute approximate surface area is 95.9 Å². The lowest BCUT2D eigenvalue weighted by atomic mass is 9.95. The van der Waals surface area contributed by atoms with Crippen LogP contribution >= 0.6 is 0 Å².